The van der Waals surface area contributed by atoms with Crippen molar-refractivity contribution < 1.29 is 28.7 Å². The number of carbonyl (C=O) groups is 4. The normalized spacial score (nSPS) is 28.0. The van der Waals surface area contributed by atoms with Crippen molar-refractivity contribution in [3.63, 3.8) is 0 Å². The number of hydrogen-bond donors (Lipinski definition) is 0. The topological polar surface area (TPSA) is 86.7 Å². The molecule has 2 aromatic carbocycles. The maximum absolute atomic E-state index is 12.5. The van der Waals surface area contributed by atoms with Crippen molar-refractivity contribution in [2.75, 3.05) is 13.7 Å². The van der Waals surface area contributed by atoms with Crippen LogP contribution in [0.3, 0.4) is 0 Å². The maximum atomic E-state index is 12.5. The van der Waals surface area contributed by atoms with E-state index in [2.05, 4.69) is 0 Å². The van der Waals surface area contributed by atoms with Crippen LogP contribution in [0.1, 0.15) is 92.4 Å². The summed E-state index contributed by atoms with van der Waals surface area (Å²) >= 11 is 0. The van der Waals surface area contributed by atoms with Crippen LogP contribution in [-0.4, -0.2) is 37.2 Å². The highest BCUT2D eigenvalue weighted by atomic mass is 16.5. The number of Topliss-reactive ketones (excluding diaryl/α,β-unsaturated/α-hetero) is 2. The Labute approximate surface area is 211 Å². The Kier molecular flexibility index (Phi) is 6.54. The number of hydrogen-bond acceptors (Lipinski definition) is 6. The first-order valence-electron chi connectivity index (χ1n) is 12.8. The second kappa shape index (κ2) is 9.64. The zero-order valence-electron chi connectivity index (χ0n) is 21.0. The third-order valence-corrected chi connectivity index (χ3v) is 8.80. The molecule has 0 radical (unpaired) electrons. The van der Waals surface area contributed by atoms with Crippen molar-refractivity contribution in [3.05, 3.63) is 70.3 Å². The molecule has 0 aromatic heterocycles. The van der Waals surface area contributed by atoms with Gasteiger partial charge in [0, 0.05) is 11.1 Å². The summed E-state index contributed by atoms with van der Waals surface area (Å²) in [7, 11) is 1.39. The van der Waals surface area contributed by atoms with Crippen molar-refractivity contribution in [3.8, 4) is 0 Å². The van der Waals surface area contributed by atoms with Crippen molar-refractivity contribution >= 4 is 23.5 Å². The third kappa shape index (κ3) is 4.38. The molecule has 6 unspecified atom stereocenters. The molecule has 2 bridgehead atoms. The van der Waals surface area contributed by atoms with Crippen LogP contribution >= 0.6 is 0 Å². The molecule has 0 aliphatic heterocycles. The lowest BCUT2D eigenvalue weighted by Crippen LogP contribution is -2.24. The second-order valence-corrected chi connectivity index (χ2v) is 10.7. The Morgan fingerprint density at radius 2 is 1.39 bits per heavy atom. The fraction of sp³-hybridized carbons (Fsp3) is 0.467. The van der Waals surface area contributed by atoms with Crippen LogP contribution in [0.15, 0.2) is 42.5 Å². The van der Waals surface area contributed by atoms with Crippen LogP contribution in [0.25, 0.3) is 0 Å². The van der Waals surface area contributed by atoms with Gasteiger partial charge < -0.3 is 9.47 Å². The monoisotopic (exact) mass is 488 g/mol. The summed E-state index contributed by atoms with van der Waals surface area (Å²) in [5, 5.41) is 0. The zero-order valence-corrected chi connectivity index (χ0v) is 21.0. The molecule has 0 saturated heterocycles. The van der Waals surface area contributed by atoms with Gasteiger partial charge in [0.1, 0.15) is 0 Å². The lowest BCUT2D eigenvalue weighted by atomic mass is 9.72. The summed E-state index contributed by atoms with van der Waals surface area (Å²) in [6, 6.07) is 11.9. The van der Waals surface area contributed by atoms with E-state index in [-0.39, 0.29) is 29.4 Å². The van der Waals surface area contributed by atoms with Crippen LogP contribution in [0.2, 0.25) is 0 Å². The first-order valence-corrected chi connectivity index (χ1v) is 12.8. The molecule has 6 heteroatoms. The quantitative estimate of drug-likeness (QED) is 0.378. The predicted octanol–water partition coefficient (Wildman–Crippen LogP) is 5.50. The Bertz CT molecular complexity index is 1210. The van der Waals surface area contributed by atoms with Gasteiger partial charge in [0.25, 0.3) is 0 Å². The number of carbonyl (C=O) groups excluding carboxylic acids is 4. The largest absolute Gasteiger partial charge is 0.465 e. The van der Waals surface area contributed by atoms with E-state index in [1.165, 1.54) is 14.0 Å². The summed E-state index contributed by atoms with van der Waals surface area (Å²) < 4.78 is 10.7. The summed E-state index contributed by atoms with van der Waals surface area (Å²) in [5.74, 6) is 2.04. The Balaban J connectivity index is 1.26. The Morgan fingerprint density at radius 1 is 0.750 bits per heavy atom. The minimum Gasteiger partial charge on any atom is -0.465 e. The predicted molar refractivity (Wildman–Crippen MR) is 133 cm³/mol. The lowest BCUT2D eigenvalue weighted by molar-refractivity contribution is 0.0434. The maximum Gasteiger partial charge on any atom is 0.338 e. The minimum atomic E-state index is -0.355. The molecule has 0 N–H and O–H groups in total. The minimum absolute atomic E-state index is 0.00706. The molecule has 3 aliphatic carbocycles. The van der Waals surface area contributed by atoms with Crippen molar-refractivity contribution in [2.24, 2.45) is 29.6 Å². The molecular weight excluding hydrogens is 456 g/mol. The zero-order chi connectivity index (χ0) is 25.6. The average Bonchev–Trinajstić information content (AvgIpc) is 3.58. The molecular formula is C30H32O6. The van der Waals surface area contributed by atoms with Crippen molar-refractivity contribution in [1.82, 2.24) is 0 Å². The van der Waals surface area contributed by atoms with Gasteiger partial charge in [-0.25, -0.2) is 9.59 Å². The van der Waals surface area contributed by atoms with E-state index in [1.54, 1.807) is 43.3 Å². The number of rotatable bonds is 7. The SMILES string of the molecule is COC(=O)c1ccc(C(C)=O)cc1C1CC2CC1C1CC(COC(=O)c3ccc(C(C)=O)cc3)CC21. The van der Waals surface area contributed by atoms with Gasteiger partial charge in [0.2, 0.25) is 0 Å². The van der Waals surface area contributed by atoms with Gasteiger partial charge in [0.15, 0.2) is 11.6 Å². The highest BCUT2D eigenvalue weighted by molar-refractivity contribution is 5.97. The Morgan fingerprint density at radius 3 is 2.06 bits per heavy atom. The first kappa shape index (κ1) is 24.4. The highest BCUT2D eigenvalue weighted by Gasteiger charge is 2.56. The number of methoxy groups -OCH3 is 1. The van der Waals surface area contributed by atoms with Gasteiger partial charge in [-0.2, -0.15) is 0 Å². The Hall–Kier alpha value is -3.28. The summed E-state index contributed by atoms with van der Waals surface area (Å²) in [5.41, 5.74) is 3.17. The first-order chi connectivity index (χ1) is 17.3. The molecule has 36 heavy (non-hydrogen) atoms. The van der Waals surface area contributed by atoms with Gasteiger partial charge in [-0.1, -0.05) is 18.2 Å². The fourth-order valence-electron chi connectivity index (χ4n) is 7.18. The van der Waals surface area contributed by atoms with E-state index in [1.807, 2.05) is 6.07 Å². The number of ketones is 2. The van der Waals surface area contributed by atoms with E-state index < -0.39 is 0 Å². The van der Waals surface area contributed by atoms with E-state index in [4.69, 9.17) is 9.47 Å². The van der Waals surface area contributed by atoms with Crippen LogP contribution in [0.5, 0.6) is 0 Å². The van der Waals surface area contributed by atoms with Gasteiger partial charge in [-0.3, -0.25) is 9.59 Å². The number of benzene rings is 2. The summed E-state index contributed by atoms with van der Waals surface area (Å²) in [4.78, 5) is 48.6. The number of esters is 2. The average molecular weight is 489 g/mol. The van der Waals surface area contributed by atoms with Crippen LogP contribution in [-0.2, 0) is 9.47 Å². The standard InChI is InChI=1S/C30H32O6/c1-16(31)19-4-6-20(7-5-19)29(33)36-15-18-10-24-22-13-27(25(24)11-18)28(14-22)26-12-21(17(2)32)8-9-23(26)30(34)35-3/h4-9,12,18,22,24-25,27-28H,10-11,13-15H2,1-3H3. The fourth-order valence-corrected chi connectivity index (χ4v) is 7.18. The number of fused-ring (bicyclic) bond motifs is 5. The molecule has 3 saturated carbocycles. The van der Waals surface area contributed by atoms with Crippen LogP contribution in [0, 0.1) is 29.6 Å². The van der Waals surface area contributed by atoms with Crippen LogP contribution < -0.4 is 0 Å². The second-order valence-electron chi connectivity index (χ2n) is 10.7. The third-order valence-electron chi connectivity index (χ3n) is 8.80. The van der Waals surface area contributed by atoms with E-state index in [0.717, 1.165) is 31.2 Å². The molecule has 0 amide bonds. The smallest absolute Gasteiger partial charge is 0.338 e. The molecule has 6 nitrogen and oxygen atoms in total. The summed E-state index contributed by atoms with van der Waals surface area (Å²) in [6.07, 6.45) is 4.25. The van der Waals surface area contributed by atoms with Gasteiger partial charge in [0.05, 0.1) is 24.8 Å². The van der Waals surface area contributed by atoms with Crippen molar-refractivity contribution in [2.45, 2.75) is 45.4 Å². The van der Waals surface area contributed by atoms with Gasteiger partial charge in [-0.15, -0.1) is 0 Å². The molecule has 3 aliphatic rings. The molecule has 0 spiro atoms. The van der Waals surface area contributed by atoms with Gasteiger partial charge >= 0.3 is 11.9 Å². The molecule has 0 heterocycles. The molecule has 188 valence electrons. The molecule has 5 rings (SSSR count). The van der Waals surface area contributed by atoms with E-state index >= 15 is 0 Å². The lowest BCUT2D eigenvalue weighted by Gasteiger charge is -2.32. The van der Waals surface area contributed by atoms with E-state index in [0.29, 0.717) is 58.5 Å². The highest BCUT2D eigenvalue weighted by Crippen LogP contribution is 2.65. The van der Waals surface area contributed by atoms with E-state index in [9.17, 15) is 19.2 Å². The summed E-state index contributed by atoms with van der Waals surface area (Å²) in [6.45, 7) is 3.45. The molecule has 2 aromatic rings. The molecule has 6 atom stereocenters. The van der Waals surface area contributed by atoms with Gasteiger partial charge in [-0.05, 0) is 105 Å². The number of ether oxygens (including phenoxy) is 2. The molecule has 3 fully saturated rings. The van der Waals surface area contributed by atoms with Crippen molar-refractivity contribution in [1.29, 1.82) is 0 Å². The van der Waals surface area contributed by atoms with Crippen LogP contribution in [0.4, 0.5) is 0 Å².